The summed E-state index contributed by atoms with van der Waals surface area (Å²) in [6, 6.07) is 1.76. The maximum atomic E-state index is 12.1. The van der Waals surface area contributed by atoms with Crippen LogP contribution in [-0.4, -0.2) is 27.1 Å². The third-order valence-corrected chi connectivity index (χ3v) is 3.64. The first-order valence-electron chi connectivity index (χ1n) is 8.01. The lowest BCUT2D eigenvalue weighted by atomic mass is 9.93. The Kier molecular flexibility index (Phi) is 5.19. The molecule has 0 N–H and O–H groups in total. The highest BCUT2D eigenvalue weighted by Crippen LogP contribution is 2.22. The molecule has 0 aliphatic rings. The Morgan fingerprint density at radius 1 is 1.30 bits per heavy atom. The van der Waals surface area contributed by atoms with Gasteiger partial charge in [-0.15, -0.1) is 0 Å². The van der Waals surface area contributed by atoms with E-state index in [0.29, 0.717) is 12.3 Å². The molecule has 0 unspecified atom stereocenters. The fourth-order valence-electron chi connectivity index (χ4n) is 2.13. The lowest BCUT2D eigenvalue weighted by molar-refractivity contribution is 0.0493. The number of unbranched alkanes of at least 4 members (excludes halogenated alkanes) is 1. The van der Waals surface area contributed by atoms with E-state index < -0.39 is 0 Å². The predicted molar refractivity (Wildman–Crippen MR) is 90.0 cm³/mol. The standard InChI is InChI=1S/C18H25N3O2/c1-6-7-8-23-17(22)14-9-15(13(2)10-19-14)21-11-16(20-12-21)18(3,4)5/h9-12H,6-8H2,1-5H3. The van der Waals surface area contributed by atoms with Crippen LogP contribution in [0.4, 0.5) is 0 Å². The fraction of sp³-hybridized carbons (Fsp3) is 0.500. The molecule has 23 heavy (non-hydrogen) atoms. The molecule has 0 amide bonds. The van der Waals surface area contributed by atoms with Crippen molar-refractivity contribution in [2.75, 3.05) is 6.61 Å². The van der Waals surface area contributed by atoms with Crippen molar-refractivity contribution >= 4 is 5.97 Å². The number of esters is 1. The summed E-state index contributed by atoms with van der Waals surface area (Å²) in [6.07, 6.45) is 7.32. The Morgan fingerprint density at radius 2 is 2.04 bits per heavy atom. The number of hydrogen-bond acceptors (Lipinski definition) is 4. The second-order valence-electron chi connectivity index (χ2n) is 6.76. The summed E-state index contributed by atoms with van der Waals surface area (Å²) in [5, 5.41) is 0. The summed E-state index contributed by atoms with van der Waals surface area (Å²) in [5.74, 6) is -0.379. The van der Waals surface area contributed by atoms with E-state index in [1.54, 1.807) is 18.6 Å². The van der Waals surface area contributed by atoms with Crippen molar-refractivity contribution in [3.05, 3.63) is 41.7 Å². The van der Waals surface area contributed by atoms with Crippen LogP contribution in [0.15, 0.2) is 24.8 Å². The zero-order chi connectivity index (χ0) is 17.0. The summed E-state index contributed by atoms with van der Waals surface area (Å²) in [6.45, 7) is 10.8. The number of carbonyl (C=O) groups is 1. The maximum absolute atomic E-state index is 12.1. The quantitative estimate of drug-likeness (QED) is 0.621. The Morgan fingerprint density at radius 3 is 2.65 bits per heavy atom. The highest BCUT2D eigenvalue weighted by atomic mass is 16.5. The van der Waals surface area contributed by atoms with E-state index in [1.165, 1.54) is 0 Å². The van der Waals surface area contributed by atoms with Gasteiger partial charge in [-0.1, -0.05) is 34.1 Å². The molecule has 2 rings (SSSR count). The number of ether oxygens (including phenoxy) is 1. The van der Waals surface area contributed by atoms with Crippen molar-refractivity contribution < 1.29 is 9.53 Å². The van der Waals surface area contributed by atoms with Gasteiger partial charge in [0.15, 0.2) is 0 Å². The lowest BCUT2D eigenvalue weighted by Gasteiger charge is -2.14. The van der Waals surface area contributed by atoms with Gasteiger partial charge < -0.3 is 9.30 Å². The molecule has 5 nitrogen and oxygen atoms in total. The molecule has 0 atom stereocenters. The van der Waals surface area contributed by atoms with Crippen molar-refractivity contribution in [2.45, 2.75) is 52.9 Å². The van der Waals surface area contributed by atoms with Crippen molar-refractivity contribution in [1.82, 2.24) is 14.5 Å². The van der Waals surface area contributed by atoms with E-state index in [-0.39, 0.29) is 11.4 Å². The zero-order valence-corrected chi connectivity index (χ0v) is 14.6. The van der Waals surface area contributed by atoms with Gasteiger partial charge in [-0.25, -0.2) is 14.8 Å². The predicted octanol–water partition coefficient (Wildman–Crippen LogP) is 3.83. The summed E-state index contributed by atoms with van der Waals surface area (Å²) in [4.78, 5) is 20.7. The average molecular weight is 315 g/mol. The van der Waals surface area contributed by atoms with Gasteiger partial charge in [-0.05, 0) is 25.0 Å². The molecule has 5 heteroatoms. The van der Waals surface area contributed by atoms with E-state index in [1.807, 2.05) is 17.7 Å². The van der Waals surface area contributed by atoms with Crippen LogP contribution in [0.3, 0.4) is 0 Å². The van der Waals surface area contributed by atoms with Gasteiger partial charge in [0, 0.05) is 17.8 Å². The van der Waals surface area contributed by atoms with Crippen molar-refractivity contribution in [3.8, 4) is 5.69 Å². The van der Waals surface area contributed by atoms with Gasteiger partial charge >= 0.3 is 5.97 Å². The third kappa shape index (κ3) is 4.18. The van der Waals surface area contributed by atoms with Crippen LogP contribution in [-0.2, 0) is 10.2 Å². The highest BCUT2D eigenvalue weighted by molar-refractivity contribution is 5.88. The van der Waals surface area contributed by atoms with Crippen LogP contribution in [0.25, 0.3) is 5.69 Å². The molecule has 0 radical (unpaired) electrons. The van der Waals surface area contributed by atoms with Gasteiger partial charge in [0.05, 0.1) is 24.3 Å². The minimum atomic E-state index is -0.379. The largest absolute Gasteiger partial charge is 0.461 e. The number of rotatable bonds is 5. The van der Waals surface area contributed by atoms with E-state index in [2.05, 4.69) is 37.7 Å². The van der Waals surface area contributed by atoms with E-state index in [9.17, 15) is 4.79 Å². The summed E-state index contributed by atoms with van der Waals surface area (Å²) in [5.41, 5.74) is 3.18. The molecule has 2 aromatic heterocycles. The smallest absolute Gasteiger partial charge is 0.356 e. The van der Waals surface area contributed by atoms with Crippen LogP contribution in [0, 0.1) is 6.92 Å². The van der Waals surface area contributed by atoms with Crippen LogP contribution in [0.2, 0.25) is 0 Å². The molecular formula is C18H25N3O2. The molecule has 0 bridgehead atoms. The summed E-state index contributed by atoms with van der Waals surface area (Å²) >= 11 is 0. The van der Waals surface area contributed by atoms with Gasteiger partial charge in [0.25, 0.3) is 0 Å². The molecule has 0 spiro atoms. The average Bonchev–Trinajstić information content (AvgIpc) is 2.97. The number of nitrogens with zero attached hydrogens (tertiary/aromatic N) is 3. The van der Waals surface area contributed by atoms with Gasteiger partial charge in [-0.2, -0.15) is 0 Å². The van der Waals surface area contributed by atoms with Crippen molar-refractivity contribution in [3.63, 3.8) is 0 Å². The van der Waals surface area contributed by atoms with Gasteiger partial charge in [-0.3, -0.25) is 0 Å². The Balaban J connectivity index is 2.27. The molecule has 2 heterocycles. The van der Waals surface area contributed by atoms with Crippen LogP contribution in [0.5, 0.6) is 0 Å². The van der Waals surface area contributed by atoms with Crippen molar-refractivity contribution in [1.29, 1.82) is 0 Å². The lowest BCUT2D eigenvalue weighted by Crippen LogP contribution is -2.11. The van der Waals surface area contributed by atoms with Crippen LogP contribution in [0.1, 0.15) is 62.3 Å². The second kappa shape index (κ2) is 6.94. The topological polar surface area (TPSA) is 57.0 Å². The summed E-state index contributed by atoms with van der Waals surface area (Å²) in [7, 11) is 0. The van der Waals surface area contributed by atoms with E-state index in [4.69, 9.17) is 4.74 Å². The monoisotopic (exact) mass is 315 g/mol. The number of aromatic nitrogens is 3. The number of pyridine rings is 1. The molecule has 124 valence electrons. The first-order chi connectivity index (χ1) is 10.8. The fourth-order valence-corrected chi connectivity index (χ4v) is 2.13. The maximum Gasteiger partial charge on any atom is 0.356 e. The molecule has 0 fully saturated rings. The van der Waals surface area contributed by atoms with E-state index >= 15 is 0 Å². The Hall–Kier alpha value is -2.17. The molecule has 0 saturated carbocycles. The van der Waals surface area contributed by atoms with Crippen LogP contribution < -0.4 is 0 Å². The summed E-state index contributed by atoms with van der Waals surface area (Å²) < 4.78 is 7.16. The number of carbonyl (C=O) groups excluding carboxylic acids is 1. The first-order valence-corrected chi connectivity index (χ1v) is 8.01. The molecular weight excluding hydrogens is 290 g/mol. The van der Waals surface area contributed by atoms with E-state index in [0.717, 1.165) is 29.8 Å². The number of hydrogen-bond donors (Lipinski definition) is 0. The number of imidazole rings is 1. The molecule has 0 aromatic carbocycles. The zero-order valence-electron chi connectivity index (χ0n) is 14.6. The minimum absolute atomic E-state index is 0.0197. The molecule has 0 aliphatic carbocycles. The molecule has 2 aromatic rings. The normalized spacial score (nSPS) is 11.5. The first kappa shape index (κ1) is 17.2. The van der Waals surface area contributed by atoms with Gasteiger partial charge in [0.2, 0.25) is 0 Å². The Labute approximate surface area is 137 Å². The van der Waals surface area contributed by atoms with Crippen LogP contribution >= 0.6 is 0 Å². The third-order valence-electron chi connectivity index (χ3n) is 3.64. The minimum Gasteiger partial charge on any atom is -0.461 e. The molecule has 0 saturated heterocycles. The molecule has 0 aliphatic heterocycles. The second-order valence-corrected chi connectivity index (χ2v) is 6.76. The SMILES string of the molecule is CCCCOC(=O)c1cc(-n2cnc(C(C)(C)C)c2)c(C)cn1. The highest BCUT2D eigenvalue weighted by Gasteiger charge is 2.18. The number of aryl methyl sites for hydroxylation is 1. The van der Waals surface area contributed by atoms with Crippen molar-refractivity contribution in [2.24, 2.45) is 0 Å². The Bertz CT molecular complexity index is 684. The van der Waals surface area contributed by atoms with Gasteiger partial charge in [0.1, 0.15) is 5.69 Å².